The molecule has 2 N–H and O–H groups in total. The van der Waals surface area contributed by atoms with E-state index < -0.39 is 0 Å². The van der Waals surface area contributed by atoms with Gasteiger partial charge in [0.1, 0.15) is 17.8 Å². The van der Waals surface area contributed by atoms with Crippen LogP contribution in [0.4, 0.5) is 5.82 Å². The topological polar surface area (TPSA) is 72.9 Å². The molecule has 0 bridgehead atoms. The normalized spacial score (nSPS) is 21.9. The highest BCUT2D eigenvalue weighted by Gasteiger charge is 2.34. The summed E-state index contributed by atoms with van der Waals surface area (Å²) < 4.78 is 2.33. The molecule has 4 heterocycles. The largest absolute Gasteiger partial charge is 0.383 e. The molecule has 1 aromatic carbocycles. The first kappa shape index (κ1) is 16.9. The first-order chi connectivity index (χ1) is 14.3. The van der Waals surface area contributed by atoms with Gasteiger partial charge in [0, 0.05) is 35.9 Å². The lowest BCUT2D eigenvalue weighted by molar-refractivity contribution is 0.0921. The van der Waals surface area contributed by atoms with E-state index in [1.54, 1.807) is 6.33 Å². The van der Waals surface area contributed by atoms with E-state index in [0.717, 1.165) is 39.0 Å². The Balaban J connectivity index is 1.39. The monoisotopic (exact) mass is 384 g/mol. The van der Waals surface area contributed by atoms with Crippen LogP contribution in [0.5, 0.6) is 0 Å². The maximum Gasteiger partial charge on any atom is 0.146 e. The predicted molar refractivity (Wildman–Crippen MR) is 115 cm³/mol. The van der Waals surface area contributed by atoms with Gasteiger partial charge in [0.2, 0.25) is 0 Å². The van der Waals surface area contributed by atoms with Crippen LogP contribution in [0.15, 0.2) is 49.1 Å². The fourth-order valence-corrected chi connectivity index (χ4v) is 4.85. The van der Waals surface area contributed by atoms with Crippen molar-refractivity contribution in [1.29, 1.82) is 0 Å². The van der Waals surface area contributed by atoms with Crippen molar-refractivity contribution in [3.05, 3.63) is 49.1 Å². The number of anilines is 1. The van der Waals surface area contributed by atoms with E-state index in [1.165, 1.54) is 38.9 Å². The first-order valence-corrected chi connectivity index (χ1v) is 10.4. The second-order valence-corrected chi connectivity index (χ2v) is 8.46. The molecule has 6 rings (SSSR count). The van der Waals surface area contributed by atoms with Crippen molar-refractivity contribution in [3.8, 4) is 11.1 Å². The quantitative estimate of drug-likeness (QED) is 0.578. The Kier molecular flexibility index (Phi) is 3.81. The molecular formula is C23H24N6. The number of pyridine rings is 1. The summed E-state index contributed by atoms with van der Waals surface area (Å²) >= 11 is 0. The number of nitrogens with zero attached hydrogens (tertiary/aromatic N) is 5. The number of fused-ring (bicyclic) bond motifs is 2. The molecule has 2 fully saturated rings. The SMILES string of the molecule is Nc1ncnc2c1c(-c1ccc3cccnc3c1)cn2C1CC(CN2CCC2)C1. The van der Waals surface area contributed by atoms with Gasteiger partial charge in [0.15, 0.2) is 0 Å². The van der Waals surface area contributed by atoms with Gasteiger partial charge < -0.3 is 15.2 Å². The van der Waals surface area contributed by atoms with Crippen LogP contribution in [-0.4, -0.2) is 44.1 Å². The van der Waals surface area contributed by atoms with Crippen molar-refractivity contribution in [2.45, 2.75) is 25.3 Å². The van der Waals surface area contributed by atoms with E-state index in [0.29, 0.717) is 11.9 Å². The second-order valence-electron chi connectivity index (χ2n) is 8.46. The van der Waals surface area contributed by atoms with Crippen LogP contribution in [0.1, 0.15) is 25.3 Å². The summed E-state index contributed by atoms with van der Waals surface area (Å²) in [5.41, 5.74) is 10.4. The summed E-state index contributed by atoms with van der Waals surface area (Å²) in [7, 11) is 0. The van der Waals surface area contributed by atoms with Crippen LogP contribution in [0.3, 0.4) is 0 Å². The highest BCUT2D eigenvalue weighted by atomic mass is 15.2. The number of aromatic nitrogens is 4. The maximum absolute atomic E-state index is 6.31. The molecule has 1 aliphatic carbocycles. The summed E-state index contributed by atoms with van der Waals surface area (Å²) in [4.78, 5) is 16.0. The summed E-state index contributed by atoms with van der Waals surface area (Å²) in [5, 5.41) is 2.09. The molecule has 4 aromatic rings. The molecule has 6 heteroatoms. The number of nitrogens with two attached hydrogens (primary N) is 1. The summed E-state index contributed by atoms with van der Waals surface area (Å²) in [6.07, 6.45) is 9.42. The lowest BCUT2D eigenvalue weighted by Gasteiger charge is -2.42. The van der Waals surface area contributed by atoms with Crippen molar-refractivity contribution in [2.24, 2.45) is 5.92 Å². The summed E-state index contributed by atoms with van der Waals surface area (Å²) in [6, 6.07) is 10.9. The van der Waals surface area contributed by atoms with E-state index in [9.17, 15) is 0 Å². The molecule has 0 amide bonds. The third kappa shape index (κ3) is 2.78. The van der Waals surface area contributed by atoms with E-state index in [1.807, 2.05) is 12.3 Å². The molecule has 0 unspecified atom stereocenters. The zero-order valence-corrected chi connectivity index (χ0v) is 16.3. The Hall–Kier alpha value is -2.99. The minimum absolute atomic E-state index is 0.491. The Morgan fingerprint density at radius 1 is 1.07 bits per heavy atom. The molecule has 146 valence electrons. The van der Waals surface area contributed by atoms with Crippen molar-refractivity contribution < 1.29 is 0 Å². The van der Waals surface area contributed by atoms with Crippen LogP contribution in [0, 0.1) is 5.92 Å². The minimum atomic E-state index is 0.491. The molecule has 1 aliphatic heterocycles. The first-order valence-electron chi connectivity index (χ1n) is 10.4. The number of nitrogen functional groups attached to an aromatic ring is 1. The molecule has 3 aromatic heterocycles. The van der Waals surface area contributed by atoms with Gasteiger partial charge in [-0.1, -0.05) is 18.2 Å². The zero-order valence-electron chi connectivity index (χ0n) is 16.3. The average Bonchev–Trinajstić information content (AvgIpc) is 3.06. The third-order valence-corrected chi connectivity index (χ3v) is 6.62. The van der Waals surface area contributed by atoms with Crippen molar-refractivity contribution in [1.82, 2.24) is 24.4 Å². The van der Waals surface area contributed by atoms with Crippen LogP contribution in [0.2, 0.25) is 0 Å². The molecular weight excluding hydrogens is 360 g/mol. The Bertz CT molecular complexity index is 1200. The molecule has 2 aliphatic rings. The minimum Gasteiger partial charge on any atom is -0.383 e. The van der Waals surface area contributed by atoms with Gasteiger partial charge in [0.05, 0.1) is 10.9 Å². The van der Waals surface area contributed by atoms with E-state index in [4.69, 9.17) is 5.73 Å². The molecule has 1 saturated heterocycles. The molecule has 0 atom stereocenters. The fourth-order valence-electron chi connectivity index (χ4n) is 4.85. The number of rotatable bonds is 4. The highest BCUT2D eigenvalue weighted by Crippen LogP contribution is 2.43. The highest BCUT2D eigenvalue weighted by molar-refractivity contribution is 6.02. The fraction of sp³-hybridized carbons (Fsp3) is 0.348. The lowest BCUT2D eigenvalue weighted by atomic mass is 9.79. The van der Waals surface area contributed by atoms with Crippen molar-refractivity contribution in [2.75, 3.05) is 25.4 Å². The average molecular weight is 384 g/mol. The Labute approximate surface area is 169 Å². The number of hydrogen-bond donors (Lipinski definition) is 1. The van der Waals surface area contributed by atoms with Crippen LogP contribution in [-0.2, 0) is 0 Å². The van der Waals surface area contributed by atoms with E-state index in [2.05, 4.69) is 54.9 Å². The molecule has 0 radical (unpaired) electrons. The van der Waals surface area contributed by atoms with Crippen LogP contribution < -0.4 is 5.73 Å². The second kappa shape index (κ2) is 6.52. The van der Waals surface area contributed by atoms with Crippen LogP contribution in [0.25, 0.3) is 33.1 Å². The zero-order chi connectivity index (χ0) is 19.4. The van der Waals surface area contributed by atoms with Gasteiger partial charge in [0.25, 0.3) is 0 Å². The number of benzene rings is 1. The standard InChI is InChI=1S/C23H24N6/c24-22-21-19(17-5-4-16-3-1-6-25-20(16)11-17)13-29(23(21)27-14-26-22)18-9-15(10-18)12-28-7-2-8-28/h1,3-6,11,13-15,18H,2,7-10,12H2,(H2,24,26,27). The predicted octanol–water partition coefficient (Wildman–Crippen LogP) is 3.89. The van der Waals surface area contributed by atoms with Gasteiger partial charge in [-0.2, -0.15) is 0 Å². The van der Waals surface area contributed by atoms with Crippen molar-refractivity contribution >= 4 is 27.8 Å². The Morgan fingerprint density at radius 3 is 2.79 bits per heavy atom. The van der Waals surface area contributed by atoms with Gasteiger partial charge in [-0.15, -0.1) is 0 Å². The van der Waals surface area contributed by atoms with Gasteiger partial charge >= 0.3 is 0 Å². The van der Waals surface area contributed by atoms with Gasteiger partial charge in [-0.25, -0.2) is 9.97 Å². The van der Waals surface area contributed by atoms with Crippen LogP contribution >= 0.6 is 0 Å². The summed E-state index contributed by atoms with van der Waals surface area (Å²) in [5.74, 6) is 1.34. The molecule has 1 saturated carbocycles. The maximum atomic E-state index is 6.31. The molecule has 6 nitrogen and oxygen atoms in total. The molecule has 29 heavy (non-hydrogen) atoms. The van der Waals surface area contributed by atoms with E-state index in [-0.39, 0.29) is 0 Å². The van der Waals surface area contributed by atoms with Gasteiger partial charge in [-0.3, -0.25) is 4.98 Å². The molecule has 0 spiro atoms. The number of likely N-dealkylation sites (tertiary alicyclic amines) is 1. The van der Waals surface area contributed by atoms with Gasteiger partial charge in [-0.05, 0) is 56.0 Å². The summed E-state index contributed by atoms with van der Waals surface area (Å²) in [6.45, 7) is 3.80. The lowest BCUT2D eigenvalue weighted by Crippen LogP contribution is -2.43. The van der Waals surface area contributed by atoms with E-state index >= 15 is 0 Å². The Morgan fingerprint density at radius 2 is 1.97 bits per heavy atom. The number of hydrogen-bond acceptors (Lipinski definition) is 5. The van der Waals surface area contributed by atoms with Crippen molar-refractivity contribution in [3.63, 3.8) is 0 Å². The smallest absolute Gasteiger partial charge is 0.146 e. The third-order valence-electron chi connectivity index (χ3n) is 6.62.